The topological polar surface area (TPSA) is 75.4 Å². The molecule has 0 aliphatic rings. The summed E-state index contributed by atoms with van der Waals surface area (Å²) in [5.74, 6) is 0. The van der Waals surface area contributed by atoms with E-state index in [9.17, 15) is 8.42 Å². The molecule has 0 saturated heterocycles. The van der Waals surface area contributed by atoms with Gasteiger partial charge in [-0.05, 0) is 12.0 Å². The second-order valence-corrected chi connectivity index (χ2v) is 6.03. The predicted octanol–water partition coefficient (Wildman–Crippen LogP) is 0.733. The number of hydrogen-bond acceptors (Lipinski definition) is 3. The van der Waals surface area contributed by atoms with E-state index < -0.39 is 10.2 Å². The Kier molecular flexibility index (Phi) is 6.44. The van der Waals surface area contributed by atoms with Gasteiger partial charge in [-0.25, -0.2) is 0 Å². The van der Waals surface area contributed by atoms with Crippen LogP contribution in [0.15, 0.2) is 30.3 Å². The van der Waals surface area contributed by atoms with E-state index in [1.165, 1.54) is 4.31 Å². The van der Waals surface area contributed by atoms with Crippen LogP contribution in [0.3, 0.4) is 0 Å². The van der Waals surface area contributed by atoms with Crippen LogP contribution >= 0.6 is 0 Å². The van der Waals surface area contributed by atoms with Crippen LogP contribution < -0.4 is 10.5 Å². The normalized spacial score (nSPS) is 13.7. The molecule has 0 heterocycles. The van der Waals surface area contributed by atoms with Gasteiger partial charge in [0, 0.05) is 25.7 Å². The van der Waals surface area contributed by atoms with Gasteiger partial charge < -0.3 is 5.73 Å². The van der Waals surface area contributed by atoms with Gasteiger partial charge in [0.1, 0.15) is 0 Å². The molecule has 0 aliphatic carbocycles. The van der Waals surface area contributed by atoms with Crippen LogP contribution in [0.1, 0.15) is 19.4 Å². The zero-order valence-corrected chi connectivity index (χ0v) is 12.4. The highest BCUT2D eigenvalue weighted by Crippen LogP contribution is 2.05. The molecule has 19 heavy (non-hydrogen) atoms. The largest absolute Gasteiger partial charge is 0.329 e. The van der Waals surface area contributed by atoms with Gasteiger partial charge in [-0.3, -0.25) is 0 Å². The number of nitrogens with zero attached hydrogens (tertiary/aromatic N) is 1. The first kappa shape index (κ1) is 16.1. The van der Waals surface area contributed by atoms with Crippen LogP contribution in [-0.2, 0) is 16.6 Å². The highest BCUT2D eigenvalue weighted by Gasteiger charge is 2.22. The molecule has 0 spiro atoms. The maximum Gasteiger partial charge on any atom is 0.279 e. The summed E-state index contributed by atoms with van der Waals surface area (Å²) in [4.78, 5) is 0. The van der Waals surface area contributed by atoms with Gasteiger partial charge in [-0.1, -0.05) is 44.2 Å². The average Bonchev–Trinajstić information content (AvgIpc) is 2.40. The van der Waals surface area contributed by atoms with E-state index in [0.29, 0.717) is 19.5 Å². The molecular formula is C13H23N3O2S. The Labute approximate surface area is 116 Å². The van der Waals surface area contributed by atoms with Crippen LogP contribution in [-0.4, -0.2) is 38.4 Å². The number of hydrogen-bond donors (Lipinski definition) is 2. The zero-order valence-electron chi connectivity index (χ0n) is 11.5. The Morgan fingerprint density at radius 2 is 1.79 bits per heavy atom. The van der Waals surface area contributed by atoms with Gasteiger partial charge in [-0.2, -0.15) is 17.4 Å². The molecule has 1 rings (SSSR count). The highest BCUT2D eigenvalue weighted by atomic mass is 32.2. The van der Waals surface area contributed by atoms with Crippen molar-refractivity contribution in [3.05, 3.63) is 35.9 Å². The van der Waals surface area contributed by atoms with Crippen molar-refractivity contribution < 1.29 is 8.42 Å². The molecule has 5 nitrogen and oxygen atoms in total. The molecule has 0 amide bonds. The first-order chi connectivity index (χ1) is 9.03. The van der Waals surface area contributed by atoms with Gasteiger partial charge in [0.15, 0.2) is 0 Å². The van der Waals surface area contributed by atoms with Crippen LogP contribution in [0.4, 0.5) is 0 Å². The molecule has 1 unspecified atom stereocenters. The highest BCUT2D eigenvalue weighted by molar-refractivity contribution is 7.87. The fourth-order valence-electron chi connectivity index (χ4n) is 1.92. The molecule has 6 heteroatoms. The van der Waals surface area contributed by atoms with Crippen molar-refractivity contribution in [2.45, 2.75) is 26.3 Å². The standard InChI is InChI=1S/C13H23N3O2S/c1-3-16(4-2)19(17,18)15-13(11-14)10-12-8-6-5-7-9-12/h5-9,13,15H,3-4,10-11,14H2,1-2H3. The van der Waals surface area contributed by atoms with Crippen LogP contribution in [0, 0.1) is 0 Å². The minimum absolute atomic E-state index is 0.273. The summed E-state index contributed by atoms with van der Waals surface area (Å²) < 4.78 is 28.3. The summed E-state index contributed by atoms with van der Waals surface area (Å²) in [5.41, 5.74) is 6.74. The van der Waals surface area contributed by atoms with E-state index in [0.717, 1.165) is 5.56 Å². The molecule has 1 aromatic carbocycles. The lowest BCUT2D eigenvalue weighted by Crippen LogP contribution is -2.48. The first-order valence-corrected chi connectivity index (χ1v) is 7.98. The monoisotopic (exact) mass is 285 g/mol. The molecule has 108 valence electrons. The minimum atomic E-state index is -3.45. The lowest BCUT2D eigenvalue weighted by molar-refractivity contribution is 0.425. The van der Waals surface area contributed by atoms with E-state index in [1.54, 1.807) is 0 Å². The number of rotatable bonds is 8. The number of nitrogens with two attached hydrogens (primary N) is 1. The third-order valence-electron chi connectivity index (χ3n) is 2.97. The second-order valence-electron chi connectivity index (χ2n) is 4.33. The van der Waals surface area contributed by atoms with E-state index in [2.05, 4.69) is 4.72 Å². The Bertz CT molecular complexity index is 458. The van der Waals surface area contributed by atoms with Crippen molar-refractivity contribution in [3.8, 4) is 0 Å². The summed E-state index contributed by atoms with van der Waals surface area (Å²) in [6.45, 7) is 4.81. The molecular weight excluding hydrogens is 262 g/mol. The lowest BCUT2D eigenvalue weighted by atomic mass is 10.1. The minimum Gasteiger partial charge on any atom is -0.329 e. The van der Waals surface area contributed by atoms with E-state index in [4.69, 9.17) is 5.73 Å². The third-order valence-corrected chi connectivity index (χ3v) is 4.80. The van der Waals surface area contributed by atoms with Gasteiger partial charge >= 0.3 is 0 Å². The van der Waals surface area contributed by atoms with Crippen LogP contribution in [0.2, 0.25) is 0 Å². The SMILES string of the molecule is CCN(CC)S(=O)(=O)NC(CN)Cc1ccccc1. The second kappa shape index (κ2) is 7.59. The maximum absolute atomic E-state index is 12.1. The smallest absolute Gasteiger partial charge is 0.279 e. The Balaban J connectivity index is 2.72. The fraction of sp³-hybridized carbons (Fsp3) is 0.538. The summed E-state index contributed by atoms with van der Waals surface area (Å²) in [6.07, 6.45) is 0.595. The average molecular weight is 285 g/mol. The molecule has 0 radical (unpaired) electrons. The molecule has 1 aromatic rings. The third kappa shape index (κ3) is 4.91. The number of nitrogens with one attached hydrogen (secondary N) is 1. The van der Waals surface area contributed by atoms with Crippen molar-refractivity contribution in [2.24, 2.45) is 5.73 Å². The van der Waals surface area contributed by atoms with Gasteiger partial charge in [0.25, 0.3) is 10.2 Å². The summed E-state index contributed by atoms with van der Waals surface area (Å²) in [6, 6.07) is 9.45. The molecule has 1 atom stereocenters. The van der Waals surface area contributed by atoms with Crippen molar-refractivity contribution in [1.82, 2.24) is 9.03 Å². The summed E-state index contributed by atoms with van der Waals surface area (Å²) in [5, 5.41) is 0. The fourth-order valence-corrected chi connectivity index (χ4v) is 3.35. The predicted molar refractivity (Wildman–Crippen MR) is 78.0 cm³/mol. The number of benzene rings is 1. The molecule has 0 aromatic heterocycles. The quantitative estimate of drug-likeness (QED) is 0.739. The molecule has 0 saturated carbocycles. The Hall–Kier alpha value is -0.950. The summed E-state index contributed by atoms with van der Waals surface area (Å²) >= 11 is 0. The lowest BCUT2D eigenvalue weighted by Gasteiger charge is -2.23. The maximum atomic E-state index is 12.1. The zero-order chi connectivity index (χ0) is 14.3. The van der Waals surface area contributed by atoms with Crippen LogP contribution in [0.5, 0.6) is 0 Å². The molecule has 3 N–H and O–H groups in total. The van der Waals surface area contributed by atoms with E-state index in [-0.39, 0.29) is 12.6 Å². The molecule has 0 bridgehead atoms. The van der Waals surface area contributed by atoms with Crippen molar-refractivity contribution >= 4 is 10.2 Å². The van der Waals surface area contributed by atoms with Crippen molar-refractivity contribution in [2.75, 3.05) is 19.6 Å². The molecule has 0 fully saturated rings. The van der Waals surface area contributed by atoms with Crippen LogP contribution in [0.25, 0.3) is 0 Å². The van der Waals surface area contributed by atoms with E-state index >= 15 is 0 Å². The van der Waals surface area contributed by atoms with Crippen molar-refractivity contribution in [3.63, 3.8) is 0 Å². The van der Waals surface area contributed by atoms with Gasteiger partial charge in [0.2, 0.25) is 0 Å². The van der Waals surface area contributed by atoms with E-state index in [1.807, 2.05) is 44.2 Å². The molecule has 0 aliphatic heterocycles. The van der Waals surface area contributed by atoms with Gasteiger partial charge in [-0.15, -0.1) is 0 Å². The van der Waals surface area contributed by atoms with Gasteiger partial charge in [0.05, 0.1) is 0 Å². The van der Waals surface area contributed by atoms with Crippen molar-refractivity contribution in [1.29, 1.82) is 0 Å². The Morgan fingerprint density at radius 1 is 1.21 bits per heavy atom. The first-order valence-electron chi connectivity index (χ1n) is 6.54. The Morgan fingerprint density at radius 3 is 2.26 bits per heavy atom. The summed E-state index contributed by atoms with van der Waals surface area (Å²) in [7, 11) is -3.45.